The summed E-state index contributed by atoms with van der Waals surface area (Å²) in [7, 11) is 0. The molecule has 0 spiro atoms. The normalized spacial score (nSPS) is 10.7. The van der Waals surface area contributed by atoms with Gasteiger partial charge in [-0.15, -0.1) is 0 Å². The molecule has 0 aliphatic heterocycles. The molecule has 5 nitrogen and oxygen atoms in total. The number of aryl methyl sites for hydroxylation is 1. The zero-order valence-electron chi connectivity index (χ0n) is 11.2. The lowest BCUT2D eigenvalue weighted by atomic mass is 10.2. The van der Waals surface area contributed by atoms with Crippen LogP contribution in [0.3, 0.4) is 0 Å². The van der Waals surface area contributed by atoms with Crippen molar-refractivity contribution in [2.75, 3.05) is 5.32 Å². The van der Waals surface area contributed by atoms with E-state index in [2.05, 4.69) is 22.3 Å². The van der Waals surface area contributed by atoms with Crippen molar-refractivity contribution in [3.05, 3.63) is 40.0 Å². The highest BCUT2D eigenvalue weighted by molar-refractivity contribution is 6.35. The van der Waals surface area contributed by atoms with Crippen molar-refractivity contribution in [2.24, 2.45) is 0 Å². The lowest BCUT2D eigenvalue weighted by Gasteiger charge is -2.09. The van der Waals surface area contributed by atoms with Gasteiger partial charge in [0.2, 0.25) is 0 Å². The van der Waals surface area contributed by atoms with Gasteiger partial charge in [-0.1, -0.05) is 36.5 Å². The van der Waals surface area contributed by atoms with Crippen LogP contribution in [-0.2, 0) is 6.54 Å². The topological polar surface area (TPSA) is 59.8 Å². The number of hydrogen-bond donors (Lipinski definition) is 1. The minimum atomic E-state index is -0.800. The molecule has 0 aliphatic carbocycles. The molecule has 0 atom stereocenters. The van der Waals surface area contributed by atoms with Gasteiger partial charge in [-0.2, -0.15) is 5.10 Å². The molecule has 1 N–H and O–H groups in total. The number of anilines is 1. The van der Waals surface area contributed by atoms with E-state index in [1.807, 2.05) is 0 Å². The number of amides is 1. The Morgan fingerprint density at radius 3 is 2.90 bits per heavy atom. The van der Waals surface area contributed by atoms with E-state index < -0.39 is 11.7 Å². The maximum atomic E-state index is 13.4. The molecule has 0 saturated carbocycles. The van der Waals surface area contributed by atoms with Gasteiger partial charge >= 0.3 is 0 Å². The van der Waals surface area contributed by atoms with Gasteiger partial charge in [0, 0.05) is 12.6 Å². The first kappa shape index (κ1) is 15.7. The fourth-order valence-electron chi connectivity index (χ4n) is 1.71. The largest absolute Gasteiger partial charge is 0.307 e. The monoisotopic (exact) mass is 330 g/mol. The highest BCUT2D eigenvalue weighted by Crippen LogP contribution is 2.21. The zero-order valence-corrected chi connectivity index (χ0v) is 12.7. The van der Waals surface area contributed by atoms with Gasteiger partial charge in [-0.25, -0.2) is 14.1 Å². The molecule has 2 rings (SSSR count). The van der Waals surface area contributed by atoms with E-state index >= 15 is 0 Å². The average molecular weight is 331 g/mol. The summed E-state index contributed by atoms with van der Waals surface area (Å²) in [4.78, 5) is 15.7. The quantitative estimate of drug-likeness (QED) is 0.848. The van der Waals surface area contributed by atoms with Crippen LogP contribution in [0.5, 0.6) is 0 Å². The van der Waals surface area contributed by atoms with Crippen molar-refractivity contribution >= 4 is 34.9 Å². The molecule has 0 saturated heterocycles. The second kappa shape index (κ2) is 6.87. The van der Waals surface area contributed by atoms with E-state index in [4.69, 9.17) is 23.2 Å². The maximum absolute atomic E-state index is 13.4. The van der Waals surface area contributed by atoms with E-state index in [9.17, 15) is 9.18 Å². The Hall–Kier alpha value is -1.66. The van der Waals surface area contributed by atoms with Crippen LogP contribution in [0.2, 0.25) is 10.3 Å². The third-order valence-corrected chi connectivity index (χ3v) is 3.37. The molecule has 0 fully saturated rings. The molecule has 8 heteroatoms. The Morgan fingerprint density at radius 2 is 2.19 bits per heavy atom. The molecule has 0 aliphatic rings. The third-order valence-electron chi connectivity index (χ3n) is 2.81. The van der Waals surface area contributed by atoms with Crippen LogP contribution in [-0.4, -0.2) is 20.7 Å². The summed E-state index contributed by atoms with van der Waals surface area (Å²) < 4.78 is 15.1. The number of rotatable bonds is 5. The highest BCUT2D eigenvalue weighted by Gasteiger charge is 2.17. The number of hydrogen-bond acceptors (Lipinski definition) is 3. The van der Waals surface area contributed by atoms with Crippen molar-refractivity contribution in [1.82, 2.24) is 14.8 Å². The van der Waals surface area contributed by atoms with E-state index in [0.29, 0.717) is 12.4 Å². The molecule has 0 radical (unpaired) electrons. The SMILES string of the molecule is CCCCn1nccc1NC(=O)c1cc(F)c(Cl)nc1Cl. The van der Waals surface area contributed by atoms with Crippen LogP contribution in [0.1, 0.15) is 30.1 Å². The van der Waals surface area contributed by atoms with Gasteiger partial charge < -0.3 is 5.32 Å². The number of aromatic nitrogens is 3. The summed E-state index contributed by atoms with van der Waals surface area (Å²) in [5, 5.41) is 6.22. The van der Waals surface area contributed by atoms with Crippen LogP contribution in [0.25, 0.3) is 0 Å². The second-order valence-corrected chi connectivity index (χ2v) is 5.06. The molecule has 21 heavy (non-hydrogen) atoms. The molecule has 0 unspecified atom stereocenters. The average Bonchev–Trinajstić information content (AvgIpc) is 2.87. The molecule has 1 amide bonds. The Labute approximate surface area is 131 Å². The number of nitrogens with one attached hydrogen (secondary N) is 1. The van der Waals surface area contributed by atoms with Gasteiger partial charge in [-0.3, -0.25) is 4.79 Å². The number of carbonyl (C=O) groups is 1. The smallest absolute Gasteiger partial charge is 0.260 e. The second-order valence-electron chi connectivity index (χ2n) is 4.35. The zero-order chi connectivity index (χ0) is 15.4. The Morgan fingerprint density at radius 1 is 1.43 bits per heavy atom. The van der Waals surface area contributed by atoms with Crippen LogP contribution < -0.4 is 5.32 Å². The fraction of sp³-hybridized carbons (Fsp3) is 0.308. The molecular formula is C13H13Cl2FN4O. The highest BCUT2D eigenvalue weighted by atomic mass is 35.5. The van der Waals surface area contributed by atoms with Crippen molar-refractivity contribution < 1.29 is 9.18 Å². The summed E-state index contributed by atoms with van der Waals surface area (Å²) in [5.41, 5.74) is -0.0817. The first-order chi connectivity index (χ1) is 10.0. The van der Waals surface area contributed by atoms with E-state index in [1.54, 1.807) is 16.9 Å². The van der Waals surface area contributed by atoms with E-state index in [-0.39, 0.29) is 15.9 Å². The van der Waals surface area contributed by atoms with Crippen molar-refractivity contribution in [2.45, 2.75) is 26.3 Å². The number of pyridine rings is 1. The Balaban J connectivity index is 2.19. The minimum Gasteiger partial charge on any atom is -0.307 e. The molecular weight excluding hydrogens is 318 g/mol. The number of nitrogens with zero attached hydrogens (tertiary/aromatic N) is 3. The first-order valence-corrected chi connectivity index (χ1v) is 7.13. The maximum Gasteiger partial charge on any atom is 0.260 e. The minimum absolute atomic E-state index is 0.0817. The number of halogens is 3. The Kier molecular flexibility index (Phi) is 5.14. The van der Waals surface area contributed by atoms with Crippen molar-refractivity contribution in [3.8, 4) is 0 Å². The molecule has 0 bridgehead atoms. The number of carbonyl (C=O) groups excluding carboxylic acids is 1. The summed E-state index contributed by atoms with van der Waals surface area (Å²) in [6, 6.07) is 2.61. The van der Waals surface area contributed by atoms with Gasteiger partial charge in [-0.05, 0) is 12.5 Å². The molecule has 0 aromatic carbocycles. The van der Waals surface area contributed by atoms with Gasteiger partial charge in [0.1, 0.15) is 11.0 Å². The molecule has 112 valence electrons. The predicted molar refractivity (Wildman–Crippen MR) is 79.3 cm³/mol. The van der Waals surface area contributed by atoms with Crippen LogP contribution in [0, 0.1) is 5.82 Å². The van der Waals surface area contributed by atoms with Gasteiger partial charge in [0.15, 0.2) is 11.0 Å². The Bertz CT molecular complexity index is 660. The fourth-order valence-corrected chi connectivity index (χ4v) is 2.12. The van der Waals surface area contributed by atoms with E-state index in [0.717, 1.165) is 18.9 Å². The first-order valence-electron chi connectivity index (χ1n) is 6.37. The lowest BCUT2D eigenvalue weighted by molar-refractivity contribution is 0.102. The van der Waals surface area contributed by atoms with Crippen LogP contribution in [0.4, 0.5) is 10.2 Å². The summed E-state index contributed by atoms with van der Waals surface area (Å²) in [6.07, 6.45) is 3.52. The van der Waals surface area contributed by atoms with Crippen molar-refractivity contribution in [3.63, 3.8) is 0 Å². The summed E-state index contributed by atoms with van der Waals surface area (Å²) in [6.45, 7) is 2.74. The standard InChI is InChI=1S/C13H13Cl2FN4O/c1-2-3-6-20-10(4-5-17-20)18-13(21)8-7-9(16)12(15)19-11(8)14/h4-5,7H,2-3,6H2,1H3,(H,18,21). The van der Waals surface area contributed by atoms with Crippen molar-refractivity contribution in [1.29, 1.82) is 0 Å². The third kappa shape index (κ3) is 3.71. The van der Waals surface area contributed by atoms with Gasteiger partial charge in [0.25, 0.3) is 5.91 Å². The summed E-state index contributed by atoms with van der Waals surface area (Å²) >= 11 is 11.3. The summed E-state index contributed by atoms with van der Waals surface area (Å²) in [5.74, 6) is -0.855. The van der Waals surface area contributed by atoms with Gasteiger partial charge in [0.05, 0.1) is 11.8 Å². The van der Waals surface area contributed by atoms with Crippen LogP contribution in [0.15, 0.2) is 18.3 Å². The van der Waals surface area contributed by atoms with Crippen LogP contribution >= 0.6 is 23.2 Å². The van der Waals surface area contributed by atoms with E-state index in [1.165, 1.54) is 0 Å². The predicted octanol–water partition coefficient (Wildman–Crippen LogP) is 3.78. The lowest BCUT2D eigenvalue weighted by Crippen LogP contribution is -2.17. The number of unbranched alkanes of at least 4 members (excludes halogenated alkanes) is 1. The molecule has 2 heterocycles. The molecule has 2 aromatic rings. The molecule has 2 aromatic heterocycles.